The summed E-state index contributed by atoms with van der Waals surface area (Å²) in [7, 11) is 0. The Morgan fingerprint density at radius 2 is 2.05 bits per heavy atom. The van der Waals surface area contributed by atoms with Crippen molar-refractivity contribution in [1.29, 1.82) is 0 Å². The van der Waals surface area contributed by atoms with Crippen molar-refractivity contribution in [1.82, 2.24) is 14.5 Å². The molecule has 0 spiro atoms. The van der Waals surface area contributed by atoms with Crippen LogP contribution in [0.15, 0.2) is 17.2 Å². The molecule has 0 amide bonds. The standard InChI is InChI=1S/C12H18N4O3/c1-2-15-4-3-13-11(12(15)19)16-7-5-14(6-8-16)9-10(17)18/h3-4H,2,5-9H2,1H3,(H,17,18). The first kappa shape index (κ1) is 13.5. The van der Waals surface area contributed by atoms with Crippen LogP contribution in [0.5, 0.6) is 0 Å². The second-order valence-corrected chi connectivity index (χ2v) is 4.50. The van der Waals surface area contributed by atoms with Crippen molar-refractivity contribution in [3.05, 3.63) is 22.7 Å². The fourth-order valence-electron chi connectivity index (χ4n) is 2.21. The SMILES string of the molecule is CCn1ccnc(N2CCN(CC(=O)O)CC2)c1=O. The van der Waals surface area contributed by atoms with Crippen LogP contribution < -0.4 is 10.5 Å². The molecule has 0 aliphatic carbocycles. The van der Waals surface area contributed by atoms with Gasteiger partial charge in [0.1, 0.15) is 0 Å². The van der Waals surface area contributed by atoms with Crippen molar-refractivity contribution >= 4 is 11.8 Å². The van der Waals surface area contributed by atoms with E-state index in [4.69, 9.17) is 5.11 Å². The van der Waals surface area contributed by atoms with Gasteiger partial charge in [0, 0.05) is 45.1 Å². The van der Waals surface area contributed by atoms with E-state index in [-0.39, 0.29) is 12.1 Å². The number of aliphatic carboxylic acids is 1. The van der Waals surface area contributed by atoms with Crippen LogP contribution >= 0.6 is 0 Å². The number of aromatic nitrogens is 2. The largest absolute Gasteiger partial charge is 0.480 e. The third kappa shape index (κ3) is 3.11. The Hall–Kier alpha value is -1.89. The number of hydrogen-bond donors (Lipinski definition) is 1. The molecule has 7 heteroatoms. The molecule has 1 aliphatic heterocycles. The molecule has 1 aromatic rings. The Bertz CT molecular complexity index is 506. The molecular formula is C12H18N4O3. The smallest absolute Gasteiger partial charge is 0.317 e. The minimum Gasteiger partial charge on any atom is -0.480 e. The van der Waals surface area contributed by atoms with Crippen LogP contribution in [-0.2, 0) is 11.3 Å². The first-order valence-corrected chi connectivity index (χ1v) is 6.36. The maximum absolute atomic E-state index is 12.1. The third-order valence-electron chi connectivity index (χ3n) is 3.27. The highest BCUT2D eigenvalue weighted by Crippen LogP contribution is 2.08. The molecule has 0 atom stereocenters. The van der Waals surface area contributed by atoms with E-state index in [0.717, 1.165) is 0 Å². The minimum atomic E-state index is -0.820. The first-order valence-electron chi connectivity index (χ1n) is 6.36. The van der Waals surface area contributed by atoms with Gasteiger partial charge in [0.15, 0.2) is 5.82 Å². The van der Waals surface area contributed by atoms with E-state index in [0.29, 0.717) is 38.5 Å². The molecule has 0 bridgehead atoms. The number of carbonyl (C=O) groups is 1. The summed E-state index contributed by atoms with van der Waals surface area (Å²) < 4.78 is 1.62. The summed E-state index contributed by atoms with van der Waals surface area (Å²) >= 11 is 0. The zero-order valence-corrected chi connectivity index (χ0v) is 10.9. The number of nitrogens with zero attached hydrogens (tertiary/aromatic N) is 4. The van der Waals surface area contributed by atoms with Gasteiger partial charge in [0.25, 0.3) is 5.56 Å². The fraction of sp³-hybridized carbons (Fsp3) is 0.583. The van der Waals surface area contributed by atoms with Gasteiger partial charge >= 0.3 is 5.97 Å². The molecule has 1 saturated heterocycles. The molecule has 104 valence electrons. The zero-order valence-electron chi connectivity index (χ0n) is 10.9. The van der Waals surface area contributed by atoms with Crippen LogP contribution in [0.2, 0.25) is 0 Å². The lowest BCUT2D eigenvalue weighted by atomic mass is 10.3. The molecule has 1 fully saturated rings. The highest BCUT2D eigenvalue weighted by molar-refractivity contribution is 5.69. The van der Waals surface area contributed by atoms with E-state index in [9.17, 15) is 9.59 Å². The molecule has 1 aliphatic rings. The Morgan fingerprint density at radius 1 is 1.37 bits per heavy atom. The summed E-state index contributed by atoms with van der Waals surface area (Å²) in [4.78, 5) is 30.7. The molecule has 2 rings (SSSR count). The minimum absolute atomic E-state index is 0.0508. The summed E-state index contributed by atoms with van der Waals surface area (Å²) in [6.07, 6.45) is 3.30. The first-order chi connectivity index (χ1) is 9.11. The van der Waals surface area contributed by atoms with Gasteiger partial charge in [-0.1, -0.05) is 0 Å². The number of hydrogen-bond acceptors (Lipinski definition) is 5. The molecule has 0 saturated carbocycles. The van der Waals surface area contributed by atoms with Crippen LogP contribution in [0.4, 0.5) is 5.82 Å². The summed E-state index contributed by atoms with van der Waals surface area (Å²) in [6.45, 7) is 5.11. The molecule has 0 radical (unpaired) electrons. The van der Waals surface area contributed by atoms with Crippen molar-refractivity contribution in [3.8, 4) is 0 Å². The number of carboxylic acid groups (broad SMARTS) is 1. The Balaban J connectivity index is 2.06. The number of piperazine rings is 1. The van der Waals surface area contributed by atoms with Gasteiger partial charge in [-0.25, -0.2) is 4.98 Å². The van der Waals surface area contributed by atoms with E-state index in [2.05, 4.69) is 4.98 Å². The van der Waals surface area contributed by atoms with E-state index >= 15 is 0 Å². The summed E-state index contributed by atoms with van der Waals surface area (Å²) in [5.74, 6) is -0.362. The lowest BCUT2D eigenvalue weighted by Crippen LogP contribution is -2.49. The van der Waals surface area contributed by atoms with E-state index in [1.54, 1.807) is 17.0 Å². The van der Waals surface area contributed by atoms with Crippen LogP contribution in [-0.4, -0.2) is 58.3 Å². The zero-order chi connectivity index (χ0) is 13.8. The van der Waals surface area contributed by atoms with Crippen LogP contribution in [0.3, 0.4) is 0 Å². The van der Waals surface area contributed by atoms with Crippen molar-refractivity contribution < 1.29 is 9.90 Å². The normalized spacial score (nSPS) is 16.6. The Labute approximate surface area is 111 Å². The van der Waals surface area contributed by atoms with Crippen molar-refractivity contribution in [2.45, 2.75) is 13.5 Å². The van der Waals surface area contributed by atoms with Crippen molar-refractivity contribution in [3.63, 3.8) is 0 Å². The predicted molar refractivity (Wildman–Crippen MR) is 70.5 cm³/mol. The van der Waals surface area contributed by atoms with Gasteiger partial charge in [-0.05, 0) is 6.92 Å². The van der Waals surface area contributed by atoms with E-state index in [1.807, 2.05) is 16.7 Å². The fourth-order valence-corrected chi connectivity index (χ4v) is 2.21. The maximum atomic E-state index is 12.1. The maximum Gasteiger partial charge on any atom is 0.317 e. The molecular weight excluding hydrogens is 248 g/mol. The quantitative estimate of drug-likeness (QED) is 0.789. The van der Waals surface area contributed by atoms with Gasteiger partial charge in [-0.15, -0.1) is 0 Å². The molecule has 1 N–H and O–H groups in total. The summed E-state index contributed by atoms with van der Waals surface area (Å²) in [6, 6.07) is 0. The molecule has 0 aromatic carbocycles. The van der Waals surface area contributed by atoms with Gasteiger partial charge in [0.2, 0.25) is 0 Å². The molecule has 0 unspecified atom stereocenters. The van der Waals surface area contributed by atoms with Gasteiger partial charge in [0.05, 0.1) is 6.54 Å². The topological polar surface area (TPSA) is 78.7 Å². The van der Waals surface area contributed by atoms with Crippen molar-refractivity contribution in [2.75, 3.05) is 37.6 Å². The van der Waals surface area contributed by atoms with Gasteiger partial charge in [-0.3, -0.25) is 14.5 Å². The number of anilines is 1. The van der Waals surface area contributed by atoms with E-state index in [1.165, 1.54) is 0 Å². The lowest BCUT2D eigenvalue weighted by Gasteiger charge is -2.34. The summed E-state index contributed by atoms with van der Waals surface area (Å²) in [5, 5.41) is 8.74. The Kier molecular flexibility index (Phi) is 4.16. The van der Waals surface area contributed by atoms with Crippen LogP contribution in [0.25, 0.3) is 0 Å². The van der Waals surface area contributed by atoms with Gasteiger partial charge < -0.3 is 14.6 Å². The van der Waals surface area contributed by atoms with Crippen molar-refractivity contribution in [2.24, 2.45) is 0 Å². The molecule has 7 nitrogen and oxygen atoms in total. The average Bonchev–Trinajstić information content (AvgIpc) is 2.39. The Morgan fingerprint density at radius 3 is 2.63 bits per heavy atom. The second-order valence-electron chi connectivity index (χ2n) is 4.50. The third-order valence-corrected chi connectivity index (χ3v) is 3.27. The lowest BCUT2D eigenvalue weighted by molar-refractivity contribution is -0.138. The van der Waals surface area contributed by atoms with Crippen LogP contribution in [0, 0.1) is 0 Å². The molecule has 19 heavy (non-hydrogen) atoms. The highest BCUT2D eigenvalue weighted by Gasteiger charge is 2.21. The van der Waals surface area contributed by atoms with Gasteiger partial charge in [-0.2, -0.15) is 0 Å². The summed E-state index contributed by atoms with van der Waals surface area (Å²) in [5.41, 5.74) is -0.0864. The number of carboxylic acids is 1. The predicted octanol–water partition coefficient (Wildman–Crippen LogP) is -0.530. The monoisotopic (exact) mass is 266 g/mol. The average molecular weight is 266 g/mol. The molecule has 2 heterocycles. The van der Waals surface area contributed by atoms with Crippen LogP contribution in [0.1, 0.15) is 6.92 Å². The second kappa shape index (κ2) is 5.83. The number of rotatable bonds is 4. The number of aryl methyl sites for hydroxylation is 1. The highest BCUT2D eigenvalue weighted by atomic mass is 16.4. The molecule has 1 aromatic heterocycles. The van der Waals surface area contributed by atoms with E-state index < -0.39 is 5.97 Å².